The van der Waals surface area contributed by atoms with Gasteiger partial charge in [-0.2, -0.15) is 0 Å². The lowest BCUT2D eigenvalue weighted by molar-refractivity contribution is 0.0939. The molecule has 1 aromatic rings. The molecule has 3 heteroatoms. The fourth-order valence-electron chi connectivity index (χ4n) is 1.04. The van der Waals surface area contributed by atoms with Crippen molar-refractivity contribution in [2.24, 2.45) is 0 Å². The predicted octanol–water partition coefficient (Wildman–Crippen LogP) is 2.98. The van der Waals surface area contributed by atoms with Crippen molar-refractivity contribution in [3.63, 3.8) is 0 Å². The van der Waals surface area contributed by atoms with E-state index in [1.165, 1.54) is 0 Å². The van der Waals surface area contributed by atoms with Gasteiger partial charge < -0.3 is 5.32 Å². The molecule has 0 fully saturated rings. The molecular formula is C11H14BrNO. The topological polar surface area (TPSA) is 29.1 Å². The number of rotatable bonds is 3. The van der Waals surface area contributed by atoms with E-state index in [2.05, 4.69) is 21.2 Å². The molecule has 14 heavy (non-hydrogen) atoms. The average Bonchev–Trinajstić information content (AvgIpc) is 2.17. The average molecular weight is 256 g/mol. The molecule has 0 radical (unpaired) electrons. The van der Waals surface area contributed by atoms with Gasteiger partial charge >= 0.3 is 0 Å². The molecule has 1 rings (SSSR count). The normalized spacial score (nSPS) is 12.2. The van der Waals surface area contributed by atoms with E-state index in [1.807, 2.05) is 38.1 Å². The molecule has 0 aliphatic heterocycles. The van der Waals surface area contributed by atoms with Crippen LogP contribution in [0.15, 0.2) is 28.7 Å². The van der Waals surface area contributed by atoms with Gasteiger partial charge in [-0.3, -0.25) is 4.79 Å². The second kappa shape index (κ2) is 5.15. The van der Waals surface area contributed by atoms with E-state index in [9.17, 15) is 4.79 Å². The summed E-state index contributed by atoms with van der Waals surface area (Å²) in [6.45, 7) is 4.04. The van der Waals surface area contributed by atoms with Gasteiger partial charge in [-0.05, 0) is 31.5 Å². The van der Waals surface area contributed by atoms with Gasteiger partial charge in [-0.25, -0.2) is 0 Å². The first-order valence-corrected chi connectivity index (χ1v) is 5.49. The summed E-state index contributed by atoms with van der Waals surface area (Å²) < 4.78 is 0.925. The monoisotopic (exact) mass is 255 g/mol. The number of hydrogen-bond donors (Lipinski definition) is 1. The summed E-state index contributed by atoms with van der Waals surface area (Å²) in [5.41, 5.74) is 0.694. The quantitative estimate of drug-likeness (QED) is 0.885. The number of hydrogen-bond acceptors (Lipinski definition) is 1. The van der Waals surface area contributed by atoms with E-state index >= 15 is 0 Å². The van der Waals surface area contributed by atoms with Crippen LogP contribution in [0.1, 0.15) is 30.6 Å². The Morgan fingerprint density at radius 2 is 2.29 bits per heavy atom. The third-order valence-electron chi connectivity index (χ3n) is 2.08. The molecule has 2 nitrogen and oxygen atoms in total. The number of carbonyl (C=O) groups is 1. The van der Waals surface area contributed by atoms with E-state index < -0.39 is 0 Å². The highest BCUT2D eigenvalue weighted by Crippen LogP contribution is 2.11. The second-order valence-electron chi connectivity index (χ2n) is 3.29. The smallest absolute Gasteiger partial charge is 0.251 e. The van der Waals surface area contributed by atoms with Gasteiger partial charge in [-0.15, -0.1) is 0 Å². The van der Waals surface area contributed by atoms with E-state index in [0.717, 1.165) is 10.9 Å². The van der Waals surface area contributed by atoms with Crippen LogP contribution in [0.3, 0.4) is 0 Å². The lowest BCUT2D eigenvalue weighted by atomic mass is 10.2. The lowest BCUT2D eigenvalue weighted by Crippen LogP contribution is -2.31. The molecule has 0 aromatic heterocycles. The molecule has 76 valence electrons. The van der Waals surface area contributed by atoms with Crippen molar-refractivity contribution in [1.82, 2.24) is 5.32 Å². The maximum absolute atomic E-state index is 11.6. The van der Waals surface area contributed by atoms with Gasteiger partial charge in [0.1, 0.15) is 0 Å². The van der Waals surface area contributed by atoms with Gasteiger partial charge in [0.15, 0.2) is 0 Å². The minimum Gasteiger partial charge on any atom is -0.350 e. The zero-order chi connectivity index (χ0) is 10.6. The van der Waals surface area contributed by atoms with Crippen molar-refractivity contribution in [2.75, 3.05) is 0 Å². The van der Waals surface area contributed by atoms with Crippen LogP contribution in [0.5, 0.6) is 0 Å². The van der Waals surface area contributed by atoms with Crippen molar-refractivity contribution in [3.05, 3.63) is 34.3 Å². The highest BCUT2D eigenvalue weighted by Gasteiger charge is 2.07. The highest BCUT2D eigenvalue weighted by molar-refractivity contribution is 9.10. The maximum atomic E-state index is 11.6. The molecule has 1 amide bonds. The van der Waals surface area contributed by atoms with Crippen LogP contribution in [-0.2, 0) is 0 Å². The van der Waals surface area contributed by atoms with Crippen molar-refractivity contribution in [2.45, 2.75) is 26.3 Å². The lowest BCUT2D eigenvalue weighted by Gasteiger charge is -2.11. The van der Waals surface area contributed by atoms with Crippen LogP contribution in [0, 0.1) is 0 Å². The summed E-state index contributed by atoms with van der Waals surface area (Å²) in [6.07, 6.45) is 0.944. The van der Waals surface area contributed by atoms with E-state index in [0.29, 0.717) is 5.56 Å². The molecule has 1 N–H and O–H groups in total. The fourth-order valence-corrected chi connectivity index (χ4v) is 1.44. The third-order valence-corrected chi connectivity index (χ3v) is 2.57. The first kappa shape index (κ1) is 11.2. The molecule has 1 aromatic carbocycles. The Hall–Kier alpha value is -0.830. The summed E-state index contributed by atoms with van der Waals surface area (Å²) in [5.74, 6) is -0.0133. The van der Waals surface area contributed by atoms with Crippen molar-refractivity contribution in [3.8, 4) is 0 Å². The van der Waals surface area contributed by atoms with Crippen LogP contribution in [0.25, 0.3) is 0 Å². The minimum absolute atomic E-state index is 0.0133. The van der Waals surface area contributed by atoms with Gasteiger partial charge in [0, 0.05) is 16.1 Å². The van der Waals surface area contributed by atoms with E-state index in [1.54, 1.807) is 0 Å². The highest BCUT2D eigenvalue weighted by atomic mass is 79.9. The Balaban J connectivity index is 2.70. The van der Waals surface area contributed by atoms with E-state index in [4.69, 9.17) is 0 Å². The van der Waals surface area contributed by atoms with Crippen LogP contribution >= 0.6 is 15.9 Å². The zero-order valence-electron chi connectivity index (χ0n) is 8.38. The molecule has 1 atom stereocenters. The molecule has 0 saturated heterocycles. The minimum atomic E-state index is -0.0133. The Labute approximate surface area is 92.8 Å². The Morgan fingerprint density at radius 1 is 1.57 bits per heavy atom. The molecular weight excluding hydrogens is 242 g/mol. The molecule has 0 spiro atoms. The van der Waals surface area contributed by atoms with Gasteiger partial charge in [0.2, 0.25) is 0 Å². The number of carbonyl (C=O) groups excluding carboxylic acids is 1. The number of benzene rings is 1. The Bertz CT molecular complexity index is 325. The van der Waals surface area contributed by atoms with Gasteiger partial charge in [0.25, 0.3) is 5.91 Å². The number of nitrogens with one attached hydrogen (secondary N) is 1. The first-order chi connectivity index (χ1) is 6.63. The van der Waals surface area contributed by atoms with Gasteiger partial charge in [0.05, 0.1) is 0 Å². The number of halogens is 1. The molecule has 0 aliphatic carbocycles. The van der Waals surface area contributed by atoms with Crippen LogP contribution < -0.4 is 5.32 Å². The molecule has 0 saturated carbocycles. The van der Waals surface area contributed by atoms with Crippen molar-refractivity contribution >= 4 is 21.8 Å². The van der Waals surface area contributed by atoms with Crippen LogP contribution in [-0.4, -0.2) is 11.9 Å². The Kier molecular flexibility index (Phi) is 4.14. The molecule has 0 heterocycles. The Morgan fingerprint density at radius 3 is 2.86 bits per heavy atom. The summed E-state index contributed by atoms with van der Waals surface area (Å²) in [7, 11) is 0. The summed E-state index contributed by atoms with van der Waals surface area (Å²) >= 11 is 3.33. The van der Waals surface area contributed by atoms with Crippen molar-refractivity contribution < 1.29 is 4.79 Å². The van der Waals surface area contributed by atoms with E-state index in [-0.39, 0.29) is 11.9 Å². The molecule has 0 aliphatic rings. The van der Waals surface area contributed by atoms with Gasteiger partial charge in [-0.1, -0.05) is 28.9 Å². The summed E-state index contributed by atoms with van der Waals surface area (Å²) in [4.78, 5) is 11.6. The first-order valence-electron chi connectivity index (χ1n) is 4.70. The zero-order valence-corrected chi connectivity index (χ0v) is 9.97. The summed E-state index contributed by atoms with van der Waals surface area (Å²) in [5, 5.41) is 2.91. The standard InChI is InChI=1S/C11H14BrNO/c1-3-8(2)13-11(14)9-5-4-6-10(12)7-9/h4-8H,3H2,1-2H3,(H,13,14). The molecule has 1 unspecified atom stereocenters. The maximum Gasteiger partial charge on any atom is 0.251 e. The van der Waals surface area contributed by atoms with Crippen LogP contribution in [0.4, 0.5) is 0 Å². The third kappa shape index (κ3) is 3.14. The predicted molar refractivity (Wildman–Crippen MR) is 61.4 cm³/mol. The number of amides is 1. The second-order valence-corrected chi connectivity index (χ2v) is 4.21. The largest absolute Gasteiger partial charge is 0.350 e. The summed E-state index contributed by atoms with van der Waals surface area (Å²) in [6, 6.07) is 7.61. The SMILES string of the molecule is CCC(C)NC(=O)c1cccc(Br)c1. The molecule has 0 bridgehead atoms. The fraction of sp³-hybridized carbons (Fsp3) is 0.364. The van der Waals surface area contributed by atoms with Crippen LogP contribution in [0.2, 0.25) is 0 Å². The van der Waals surface area contributed by atoms with Crippen molar-refractivity contribution in [1.29, 1.82) is 0 Å².